The third-order valence-electron chi connectivity index (χ3n) is 3.64. The van der Waals surface area contributed by atoms with Gasteiger partial charge in [-0.3, -0.25) is 4.79 Å². The molecule has 5 heteroatoms. The summed E-state index contributed by atoms with van der Waals surface area (Å²) in [4.78, 5) is 11.9. The number of carbonyl (C=O) groups is 1. The van der Waals surface area contributed by atoms with Crippen molar-refractivity contribution >= 4 is 5.91 Å². The first-order valence-corrected chi connectivity index (χ1v) is 6.52. The molecule has 1 aromatic rings. The van der Waals surface area contributed by atoms with E-state index in [9.17, 15) is 14.3 Å². The van der Waals surface area contributed by atoms with Crippen LogP contribution in [0.3, 0.4) is 0 Å². The van der Waals surface area contributed by atoms with Gasteiger partial charge in [-0.15, -0.1) is 0 Å². The molecule has 1 aliphatic rings. The lowest BCUT2D eigenvalue weighted by Gasteiger charge is -2.23. The fourth-order valence-corrected chi connectivity index (χ4v) is 2.43. The molecule has 1 amide bonds. The average molecular weight is 266 g/mol. The smallest absolute Gasteiger partial charge is 0.240 e. The Morgan fingerprint density at radius 1 is 1.47 bits per heavy atom. The molecule has 104 valence electrons. The molecule has 0 aromatic heterocycles. The molecule has 0 spiro atoms. The van der Waals surface area contributed by atoms with Gasteiger partial charge in [-0.1, -0.05) is 25.0 Å². The maximum Gasteiger partial charge on any atom is 0.240 e. The highest BCUT2D eigenvalue weighted by Gasteiger charge is 2.36. The van der Waals surface area contributed by atoms with Gasteiger partial charge in [-0.25, -0.2) is 4.39 Å². The third-order valence-corrected chi connectivity index (χ3v) is 3.64. The molecule has 1 aliphatic carbocycles. The van der Waals surface area contributed by atoms with Crippen molar-refractivity contribution in [2.24, 2.45) is 5.73 Å². The number of carbonyl (C=O) groups excluding carboxylic acids is 1. The summed E-state index contributed by atoms with van der Waals surface area (Å²) >= 11 is 0. The Balaban J connectivity index is 1.90. The predicted octanol–water partition coefficient (Wildman–Crippen LogP) is 1.25. The van der Waals surface area contributed by atoms with Gasteiger partial charge in [0.15, 0.2) is 0 Å². The van der Waals surface area contributed by atoms with E-state index in [0.29, 0.717) is 18.4 Å². The molecule has 2 rings (SSSR count). The fraction of sp³-hybridized carbons (Fsp3) is 0.500. The van der Waals surface area contributed by atoms with Crippen molar-refractivity contribution in [3.8, 4) is 0 Å². The molecule has 19 heavy (non-hydrogen) atoms. The SMILES string of the molecule is NC1(C(=O)NCC(O)c2cccc(F)c2)CCCC1. The molecule has 1 unspecified atom stereocenters. The summed E-state index contributed by atoms with van der Waals surface area (Å²) in [6.07, 6.45) is 2.33. The van der Waals surface area contributed by atoms with Crippen LogP contribution in [0.1, 0.15) is 37.4 Å². The minimum absolute atomic E-state index is 0.0429. The first-order valence-electron chi connectivity index (χ1n) is 6.52. The monoisotopic (exact) mass is 266 g/mol. The minimum Gasteiger partial charge on any atom is -0.387 e. The number of benzene rings is 1. The molecule has 0 bridgehead atoms. The van der Waals surface area contributed by atoms with Crippen LogP contribution in [0.2, 0.25) is 0 Å². The lowest BCUT2D eigenvalue weighted by atomic mass is 9.98. The second kappa shape index (κ2) is 5.67. The van der Waals surface area contributed by atoms with E-state index in [1.165, 1.54) is 18.2 Å². The minimum atomic E-state index is -0.926. The van der Waals surface area contributed by atoms with Gasteiger partial charge in [-0.05, 0) is 30.5 Å². The van der Waals surface area contributed by atoms with Crippen LogP contribution in [-0.4, -0.2) is 23.1 Å². The van der Waals surface area contributed by atoms with Crippen LogP contribution < -0.4 is 11.1 Å². The normalized spacial score (nSPS) is 19.1. The summed E-state index contributed by atoms with van der Waals surface area (Å²) in [7, 11) is 0. The predicted molar refractivity (Wildman–Crippen MR) is 69.8 cm³/mol. The summed E-state index contributed by atoms with van der Waals surface area (Å²) in [5.41, 5.74) is 5.64. The quantitative estimate of drug-likeness (QED) is 0.767. The first-order chi connectivity index (χ1) is 9.01. The number of aliphatic hydroxyl groups is 1. The van der Waals surface area contributed by atoms with E-state index in [-0.39, 0.29) is 12.5 Å². The number of amides is 1. The van der Waals surface area contributed by atoms with Crippen molar-refractivity contribution in [2.45, 2.75) is 37.3 Å². The Morgan fingerprint density at radius 2 is 2.16 bits per heavy atom. The van der Waals surface area contributed by atoms with Crippen molar-refractivity contribution in [3.63, 3.8) is 0 Å². The van der Waals surface area contributed by atoms with E-state index < -0.39 is 17.5 Å². The maximum atomic E-state index is 13.0. The van der Waals surface area contributed by atoms with Crippen LogP contribution in [0.15, 0.2) is 24.3 Å². The van der Waals surface area contributed by atoms with Crippen molar-refractivity contribution in [1.82, 2.24) is 5.32 Å². The topological polar surface area (TPSA) is 75.4 Å². The Hall–Kier alpha value is -1.46. The Morgan fingerprint density at radius 3 is 2.79 bits per heavy atom. The summed E-state index contributed by atoms with van der Waals surface area (Å²) in [5.74, 6) is -0.644. The van der Waals surface area contributed by atoms with E-state index >= 15 is 0 Å². The highest BCUT2D eigenvalue weighted by molar-refractivity contribution is 5.86. The molecule has 0 radical (unpaired) electrons. The van der Waals surface area contributed by atoms with Crippen LogP contribution in [0, 0.1) is 5.82 Å². The zero-order valence-corrected chi connectivity index (χ0v) is 10.7. The lowest BCUT2D eigenvalue weighted by Crippen LogP contribution is -2.52. The number of aliphatic hydroxyl groups excluding tert-OH is 1. The van der Waals surface area contributed by atoms with Gasteiger partial charge in [0.25, 0.3) is 0 Å². The average Bonchev–Trinajstić information content (AvgIpc) is 2.84. The van der Waals surface area contributed by atoms with Gasteiger partial charge in [0, 0.05) is 6.54 Å². The highest BCUT2D eigenvalue weighted by atomic mass is 19.1. The van der Waals surface area contributed by atoms with E-state index in [4.69, 9.17) is 5.73 Å². The van der Waals surface area contributed by atoms with Crippen molar-refractivity contribution in [1.29, 1.82) is 0 Å². The number of hydrogen-bond acceptors (Lipinski definition) is 3. The van der Waals surface area contributed by atoms with Crippen LogP contribution in [0.25, 0.3) is 0 Å². The van der Waals surface area contributed by atoms with Gasteiger partial charge in [0.2, 0.25) is 5.91 Å². The molecule has 1 fully saturated rings. The molecule has 0 saturated heterocycles. The van der Waals surface area contributed by atoms with E-state index in [1.54, 1.807) is 6.07 Å². The van der Waals surface area contributed by atoms with E-state index in [0.717, 1.165) is 12.8 Å². The number of rotatable bonds is 4. The molecule has 1 aromatic carbocycles. The molecule has 4 N–H and O–H groups in total. The zero-order chi connectivity index (χ0) is 13.9. The van der Waals surface area contributed by atoms with Crippen LogP contribution >= 0.6 is 0 Å². The number of halogens is 1. The van der Waals surface area contributed by atoms with E-state index in [1.807, 2.05) is 0 Å². The summed E-state index contributed by atoms with van der Waals surface area (Å²) in [6.45, 7) is 0.0429. The Kier molecular flexibility index (Phi) is 4.17. The van der Waals surface area contributed by atoms with Crippen molar-refractivity contribution in [3.05, 3.63) is 35.6 Å². The third kappa shape index (κ3) is 3.30. The molecule has 1 saturated carbocycles. The largest absolute Gasteiger partial charge is 0.387 e. The first kappa shape index (κ1) is 14.0. The second-order valence-corrected chi connectivity index (χ2v) is 5.14. The van der Waals surface area contributed by atoms with E-state index in [2.05, 4.69) is 5.32 Å². The Labute approximate surface area is 111 Å². The molecule has 1 atom stereocenters. The molecule has 0 heterocycles. The van der Waals surface area contributed by atoms with Crippen molar-refractivity contribution < 1.29 is 14.3 Å². The van der Waals surface area contributed by atoms with Gasteiger partial charge in [-0.2, -0.15) is 0 Å². The number of nitrogens with two attached hydrogens (primary N) is 1. The van der Waals surface area contributed by atoms with Gasteiger partial charge < -0.3 is 16.2 Å². The summed E-state index contributed by atoms with van der Waals surface area (Å²) < 4.78 is 13.0. The lowest BCUT2D eigenvalue weighted by molar-refractivity contribution is -0.126. The molecular weight excluding hydrogens is 247 g/mol. The summed E-state index contributed by atoms with van der Waals surface area (Å²) in [6, 6.07) is 5.71. The van der Waals surface area contributed by atoms with Gasteiger partial charge in [0.1, 0.15) is 5.82 Å². The molecule has 4 nitrogen and oxygen atoms in total. The summed E-state index contributed by atoms with van der Waals surface area (Å²) in [5, 5.41) is 12.5. The van der Waals surface area contributed by atoms with Crippen LogP contribution in [0.5, 0.6) is 0 Å². The fourth-order valence-electron chi connectivity index (χ4n) is 2.43. The maximum absolute atomic E-state index is 13.0. The molecule has 0 aliphatic heterocycles. The highest BCUT2D eigenvalue weighted by Crippen LogP contribution is 2.27. The van der Waals surface area contributed by atoms with Crippen molar-refractivity contribution in [2.75, 3.05) is 6.54 Å². The standard InChI is InChI=1S/C14H19FN2O2/c15-11-5-3-4-10(8-11)12(18)9-17-13(19)14(16)6-1-2-7-14/h3-5,8,12,18H,1-2,6-7,9,16H2,(H,17,19). The van der Waals surface area contributed by atoms with Gasteiger partial charge in [0.05, 0.1) is 11.6 Å². The zero-order valence-electron chi connectivity index (χ0n) is 10.7. The molecular formula is C14H19FN2O2. The van der Waals surface area contributed by atoms with Gasteiger partial charge >= 0.3 is 0 Å². The number of hydrogen-bond donors (Lipinski definition) is 3. The van der Waals surface area contributed by atoms with Crippen LogP contribution in [-0.2, 0) is 4.79 Å². The number of nitrogens with one attached hydrogen (secondary N) is 1. The van der Waals surface area contributed by atoms with Crippen LogP contribution in [0.4, 0.5) is 4.39 Å². The second-order valence-electron chi connectivity index (χ2n) is 5.14. The Bertz CT molecular complexity index is 459.